The molecule has 12 heteroatoms. The summed E-state index contributed by atoms with van der Waals surface area (Å²) in [5.41, 5.74) is 1.87. The molecule has 3 aromatic rings. The largest absolute Gasteiger partial charge is 0.490 e. The van der Waals surface area contributed by atoms with Crippen molar-refractivity contribution in [3.05, 3.63) is 65.5 Å². The van der Waals surface area contributed by atoms with Crippen LogP contribution < -0.4 is 10.1 Å². The molecule has 1 saturated heterocycles. The zero-order chi connectivity index (χ0) is 25.3. The number of nitrogens with one attached hydrogen (secondary N) is 1. The van der Waals surface area contributed by atoms with Crippen LogP contribution in [-0.4, -0.2) is 61.5 Å². The molecule has 0 unspecified atom stereocenters. The first-order valence-corrected chi connectivity index (χ1v) is 11.7. The minimum atomic E-state index is -4.70. The molecule has 0 radical (unpaired) electrons. The highest BCUT2D eigenvalue weighted by atomic mass is 19.4. The fourth-order valence-electron chi connectivity index (χ4n) is 4.50. The Morgan fingerprint density at radius 1 is 1.14 bits per heavy atom. The molecule has 190 valence electrons. The van der Waals surface area contributed by atoms with Crippen molar-refractivity contribution in [1.82, 2.24) is 30.4 Å². The molecular weight excluding hydrogens is 477 g/mol. The van der Waals surface area contributed by atoms with Gasteiger partial charge in [0, 0.05) is 37.2 Å². The molecular formula is C24H25F3N6O3. The van der Waals surface area contributed by atoms with E-state index in [0.29, 0.717) is 42.0 Å². The molecule has 0 spiro atoms. The Bertz CT molecular complexity index is 1220. The Kier molecular flexibility index (Phi) is 6.52. The van der Waals surface area contributed by atoms with Crippen LogP contribution in [0.5, 0.6) is 5.75 Å². The van der Waals surface area contributed by atoms with E-state index in [2.05, 4.69) is 20.8 Å². The summed E-state index contributed by atoms with van der Waals surface area (Å²) < 4.78 is 46.8. The highest BCUT2D eigenvalue weighted by molar-refractivity contribution is 5.65. The van der Waals surface area contributed by atoms with Gasteiger partial charge in [-0.2, -0.15) is 17.9 Å². The molecule has 1 aliphatic heterocycles. The molecule has 1 aromatic heterocycles. The van der Waals surface area contributed by atoms with Gasteiger partial charge in [0.1, 0.15) is 5.75 Å². The number of benzene rings is 2. The van der Waals surface area contributed by atoms with Gasteiger partial charge in [-0.1, -0.05) is 30.3 Å². The van der Waals surface area contributed by atoms with Gasteiger partial charge in [0.15, 0.2) is 0 Å². The number of ether oxygens (including phenoxy) is 1. The molecule has 0 bridgehead atoms. The van der Waals surface area contributed by atoms with Crippen LogP contribution in [0.1, 0.15) is 42.1 Å². The number of halogens is 3. The van der Waals surface area contributed by atoms with E-state index in [9.17, 15) is 23.1 Å². The third-order valence-electron chi connectivity index (χ3n) is 6.50. The van der Waals surface area contributed by atoms with Gasteiger partial charge in [0.2, 0.25) is 0 Å². The van der Waals surface area contributed by atoms with Gasteiger partial charge in [-0.3, -0.25) is 0 Å². The maximum absolute atomic E-state index is 13.4. The van der Waals surface area contributed by atoms with E-state index < -0.39 is 18.1 Å². The molecule has 1 saturated carbocycles. The van der Waals surface area contributed by atoms with Gasteiger partial charge in [-0.25, -0.2) is 4.79 Å². The third kappa shape index (κ3) is 5.27. The van der Waals surface area contributed by atoms with Crippen LogP contribution in [0.4, 0.5) is 18.0 Å². The van der Waals surface area contributed by atoms with Crippen molar-refractivity contribution < 1.29 is 27.8 Å². The van der Waals surface area contributed by atoms with Crippen molar-refractivity contribution in [3.63, 3.8) is 0 Å². The highest BCUT2D eigenvalue weighted by Gasteiger charge is 2.39. The number of piperidine rings is 1. The summed E-state index contributed by atoms with van der Waals surface area (Å²) in [4.78, 5) is 13.0. The molecule has 1 amide bonds. The second-order valence-electron chi connectivity index (χ2n) is 9.04. The first-order valence-electron chi connectivity index (χ1n) is 11.7. The Balaban J connectivity index is 1.41. The van der Waals surface area contributed by atoms with Gasteiger partial charge in [0.05, 0.1) is 11.8 Å². The first kappa shape index (κ1) is 24.0. The maximum atomic E-state index is 13.4. The van der Waals surface area contributed by atoms with Gasteiger partial charge in [0.25, 0.3) is 5.82 Å². The van der Waals surface area contributed by atoms with Gasteiger partial charge in [-0.05, 0) is 53.5 Å². The van der Waals surface area contributed by atoms with E-state index in [1.807, 2.05) is 30.3 Å². The summed E-state index contributed by atoms with van der Waals surface area (Å²) in [5, 5.41) is 22.9. The zero-order valence-electron chi connectivity index (χ0n) is 19.2. The van der Waals surface area contributed by atoms with Gasteiger partial charge in [-0.15, -0.1) is 5.10 Å². The van der Waals surface area contributed by atoms with Crippen LogP contribution >= 0.6 is 0 Å². The van der Waals surface area contributed by atoms with Crippen molar-refractivity contribution in [2.24, 2.45) is 0 Å². The Morgan fingerprint density at radius 3 is 2.61 bits per heavy atom. The maximum Gasteiger partial charge on any atom is 0.453 e. The van der Waals surface area contributed by atoms with Crippen LogP contribution in [-0.2, 0) is 12.7 Å². The normalized spacial score (nSPS) is 20.4. The number of alkyl halides is 3. The lowest BCUT2D eigenvalue weighted by molar-refractivity contribution is -0.146. The number of likely N-dealkylation sites (tertiary alicyclic amines) is 1. The Labute approximate surface area is 204 Å². The fourth-order valence-corrected chi connectivity index (χ4v) is 4.50. The smallest absolute Gasteiger partial charge is 0.453 e. The second-order valence-corrected chi connectivity index (χ2v) is 9.04. The van der Waals surface area contributed by atoms with Gasteiger partial charge < -0.3 is 20.1 Å². The van der Waals surface area contributed by atoms with E-state index in [-0.39, 0.29) is 23.8 Å². The lowest BCUT2D eigenvalue weighted by atomic mass is 9.86. The van der Waals surface area contributed by atoms with Crippen LogP contribution in [0, 0.1) is 0 Å². The molecule has 2 N–H and O–H groups in total. The highest BCUT2D eigenvalue weighted by Crippen LogP contribution is 2.33. The van der Waals surface area contributed by atoms with Crippen LogP contribution in [0.3, 0.4) is 0 Å². The van der Waals surface area contributed by atoms with E-state index >= 15 is 0 Å². The summed E-state index contributed by atoms with van der Waals surface area (Å²) in [7, 11) is 0. The van der Waals surface area contributed by atoms with Crippen LogP contribution in [0.15, 0.2) is 48.5 Å². The summed E-state index contributed by atoms with van der Waals surface area (Å²) >= 11 is 0. The quantitative estimate of drug-likeness (QED) is 0.506. The second kappa shape index (κ2) is 9.76. The summed E-state index contributed by atoms with van der Waals surface area (Å²) in [5.74, 6) is -0.694. The molecule has 2 heterocycles. The molecule has 1 aliphatic carbocycles. The van der Waals surface area contributed by atoms with Gasteiger partial charge >= 0.3 is 12.3 Å². The minimum absolute atomic E-state index is 0.0424. The first-order chi connectivity index (χ1) is 17.3. The topological polar surface area (TPSA) is 105 Å². The number of hydrogen-bond donors (Lipinski definition) is 2. The number of rotatable bonds is 7. The predicted octanol–water partition coefficient (Wildman–Crippen LogP) is 3.85. The number of carboxylic acid groups (broad SMARTS) is 1. The van der Waals surface area contributed by atoms with Crippen LogP contribution in [0.25, 0.3) is 5.69 Å². The lowest BCUT2D eigenvalue weighted by Gasteiger charge is -2.38. The molecule has 2 atom stereocenters. The number of hydrogen-bond acceptors (Lipinski definition) is 6. The van der Waals surface area contributed by atoms with E-state index in [1.165, 1.54) is 11.0 Å². The molecule has 2 aliphatic rings. The number of carbonyl (C=O) groups is 1. The predicted molar refractivity (Wildman–Crippen MR) is 122 cm³/mol. The molecule has 36 heavy (non-hydrogen) atoms. The van der Waals surface area contributed by atoms with E-state index in [0.717, 1.165) is 18.4 Å². The summed E-state index contributed by atoms with van der Waals surface area (Å²) in [6.07, 6.45) is -3.09. The SMILES string of the molecule is O=C(O)N1CC[C@@H](NCc2cc(-n3nnnc3C(F)(F)F)ccc2OC2CC2)[C@H](c2ccccc2)C1. The Hall–Kier alpha value is -3.67. The number of tetrazole rings is 1. The number of nitrogens with zero attached hydrogens (tertiary/aromatic N) is 5. The average Bonchev–Trinajstić information content (AvgIpc) is 3.53. The monoisotopic (exact) mass is 502 g/mol. The summed E-state index contributed by atoms with van der Waals surface area (Å²) in [6, 6.07) is 14.4. The number of aromatic nitrogens is 4. The molecule has 2 fully saturated rings. The molecule has 2 aromatic carbocycles. The van der Waals surface area contributed by atoms with Crippen molar-refractivity contribution >= 4 is 6.09 Å². The fraction of sp³-hybridized carbons (Fsp3) is 0.417. The van der Waals surface area contributed by atoms with Crippen molar-refractivity contribution in [3.8, 4) is 11.4 Å². The van der Waals surface area contributed by atoms with Crippen LogP contribution in [0.2, 0.25) is 0 Å². The third-order valence-corrected chi connectivity index (χ3v) is 6.50. The number of amides is 1. The zero-order valence-corrected chi connectivity index (χ0v) is 19.2. The summed E-state index contributed by atoms with van der Waals surface area (Å²) in [6.45, 7) is 1.06. The standard InChI is InChI=1S/C24H25F3N6O3/c25-24(26,27)22-29-30-31-33(22)17-6-9-21(36-18-7-8-18)16(12-17)13-28-20-10-11-32(23(34)35)14-19(20)15-4-2-1-3-5-15/h1-6,9,12,18-20,28H,7-8,10-11,13-14H2,(H,34,35)/t19-,20+/m0/s1. The van der Waals surface area contributed by atoms with Crippen molar-refractivity contribution in [1.29, 1.82) is 0 Å². The Morgan fingerprint density at radius 2 is 1.92 bits per heavy atom. The van der Waals surface area contributed by atoms with E-state index in [1.54, 1.807) is 12.1 Å². The van der Waals surface area contributed by atoms with Crippen molar-refractivity contribution in [2.75, 3.05) is 13.1 Å². The molecule has 9 nitrogen and oxygen atoms in total. The van der Waals surface area contributed by atoms with Crippen molar-refractivity contribution in [2.45, 2.75) is 50.0 Å². The van der Waals surface area contributed by atoms with E-state index in [4.69, 9.17) is 4.74 Å². The average molecular weight is 502 g/mol. The minimum Gasteiger partial charge on any atom is -0.490 e. The lowest BCUT2D eigenvalue weighted by Crippen LogP contribution is -2.49. The molecule has 5 rings (SSSR count).